The highest BCUT2D eigenvalue weighted by Gasteiger charge is 2.23. The van der Waals surface area contributed by atoms with Crippen LogP contribution in [0.15, 0.2) is 72.8 Å². The number of Topliss-reactive ketones (excluding diaryl/α,β-unsaturated/α-hetero) is 1. The summed E-state index contributed by atoms with van der Waals surface area (Å²) in [4.78, 5) is 54.9. The molecule has 268 valence electrons. The van der Waals surface area contributed by atoms with E-state index in [0.717, 1.165) is 50.1 Å². The summed E-state index contributed by atoms with van der Waals surface area (Å²) in [6, 6.07) is 21.1. The molecule has 1 heterocycles. The molecule has 0 spiro atoms. The van der Waals surface area contributed by atoms with E-state index in [2.05, 4.69) is 31.0 Å². The predicted molar refractivity (Wildman–Crippen MR) is 197 cm³/mol. The van der Waals surface area contributed by atoms with Gasteiger partial charge in [0, 0.05) is 30.3 Å². The molecule has 1 aliphatic rings. The number of carbonyl (C=O) groups is 4. The molecule has 0 unspecified atom stereocenters. The lowest BCUT2D eigenvalue weighted by Crippen LogP contribution is -2.39. The monoisotopic (exact) mass is 683 g/mol. The van der Waals surface area contributed by atoms with Crippen molar-refractivity contribution in [3.05, 3.63) is 89.5 Å². The lowest BCUT2D eigenvalue weighted by Gasteiger charge is -2.34. The van der Waals surface area contributed by atoms with Crippen LogP contribution >= 0.6 is 0 Å². The molecule has 0 aliphatic carbocycles. The third-order valence-corrected chi connectivity index (χ3v) is 9.08. The van der Waals surface area contributed by atoms with Crippen LogP contribution in [0.25, 0.3) is 0 Å². The zero-order valence-electron chi connectivity index (χ0n) is 30.1. The highest BCUT2D eigenvalue weighted by Crippen LogP contribution is 2.23. The quantitative estimate of drug-likeness (QED) is 0.0825. The Bertz CT molecular complexity index is 1530. The van der Waals surface area contributed by atoms with Gasteiger partial charge in [-0.15, -0.1) is 0 Å². The molecule has 0 bridgehead atoms. The molecule has 1 N–H and O–H groups in total. The molecule has 0 radical (unpaired) electrons. The Morgan fingerprint density at radius 1 is 0.820 bits per heavy atom. The van der Waals surface area contributed by atoms with E-state index in [1.165, 1.54) is 31.1 Å². The Morgan fingerprint density at radius 3 is 2.06 bits per heavy atom. The molecule has 1 fully saturated rings. The summed E-state index contributed by atoms with van der Waals surface area (Å²) in [7, 11) is 0. The first-order valence-electron chi connectivity index (χ1n) is 18.1. The minimum atomic E-state index is -0.483. The van der Waals surface area contributed by atoms with Gasteiger partial charge in [0.15, 0.2) is 0 Å². The summed E-state index contributed by atoms with van der Waals surface area (Å²) in [6.07, 6.45) is 8.35. The zero-order chi connectivity index (χ0) is 35.9. The lowest BCUT2D eigenvalue weighted by atomic mass is 9.92. The molecular weight excluding hydrogens is 630 g/mol. The summed E-state index contributed by atoms with van der Waals surface area (Å²) < 4.78 is 11.4. The third-order valence-electron chi connectivity index (χ3n) is 9.08. The second-order valence-corrected chi connectivity index (χ2v) is 13.6. The number of piperidine rings is 1. The van der Waals surface area contributed by atoms with Crippen molar-refractivity contribution >= 4 is 29.3 Å². The number of nitrogens with zero attached hydrogens (tertiary/aromatic N) is 2. The molecule has 1 saturated heterocycles. The fourth-order valence-corrected chi connectivity index (χ4v) is 6.13. The first-order valence-corrected chi connectivity index (χ1v) is 18.1. The minimum Gasteiger partial charge on any atom is -0.494 e. The third kappa shape index (κ3) is 12.4. The van der Waals surface area contributed by atoms with Gasteiger partial charge < -0.3 is 24.6 Å². The Kier molecular flexibility index (Phi) is 15.0. The Hall–Kier alpha value is -4.50. The molecule has 4 rings (SSSR count). The van der Waals surface area contributed by atoms with Crippen LogP contribution in [-0.4, -0.2) is 65.6 Å². The van der Waals surface area contributed by atoms with E-state index in [1.807, 2.05) is 0 Å². The Balaban J connectivity index is 1.26. The largest absolute Gasteiger partial charge is 0.494 e. The number of esters is 1. The van der Waals surface area contributed by atoms with Crippen LogP contribution in [0.4, 0.5) is 5.69 Å². The first kappa shape index (κ1) is 38.3. The van der Waals surface area contributed by atoms with Crippen LogP contribution < -0.4 is 14.8 Å². The van der Waals surface area contributed by atoms with Gasteiger partial charge in [-0.1, -0.05) is 44.7 Å². The van der Waals surface area contributed by atoms with Crippen molar-refractivity contribution in [2.24, 2.45) is 5.92 Å². The van der Waals surface area contributed by atoms with Crippen LogP contribution in [0, 0.1) is 5.92 Å². The first-order chi connectivity index (χ1) is 24.1. The van der Waals surface area contributed by atoms with Crippen molar-refractivity contribution < 1.29 is 28.7 Å². The topological polar surface area (TPSA) is 105 Å². The van der Waals surface area contributed by atoms with Crippen LogP contribution in [-0.2, 0) is 16.1 Å². The zero-order valence-corrected chi connectivity index (χ0v) is 30.1. The van der Waals surface area contributed by atoms with E-state index < -0.39 is 5.97 Å². The van der Waals surface area contributed by atoms with Gasteiger partial charge >= 0.3 is 5.97 Å². The number of rotatable bonds is 18. The molecule has 0 aromatic heterocycles. The van der Waals surface area contributed by atoms with Gasteiger partial charge in [-0.25, -0.2) is 4.79 Å². The molecule has 9 heteroatoms. The van der Waals surface area contributed by atoms with Crippen LogP contribution in [0.5, 0.6) is 11.5 Å². The van der Waals surface area contributed by atoms with Crippen LogP contribution in [0.3, 0.4) is 0 Å². The van der Waals surface area contributed by atoms with E-state index in [9.17, 15) is 19.2 Å². The smallest absolute Gasteiger partial charge is 0.343 e. The highest BCUT2D eigenvalue weighted by atomic mass is 16.5. The lowest BCUT2D eigenvalue weighted by molar-refractivity contribution is -0.118. The van der Waals surface area contributed by atoms with E-state index in [-0.39, 0.29) is 30.7 Å². The average Bonchev–Trinajstić information content (AvgIpc) is 3.10. The molecule has 0 atom stereocenters. The number of nitrogens with one attached hydrogen (secondary N) is 1. The van der Waals surface area contributed by atoms with E-state index in [1.54, 1.807) is 72.8 Å². The fraction of sp³-hybridized carbons (Fsp3) is 0.463. The van der Waals surface area contributed by atoms with Crippen molar-refractivity contribution in [2.45, 2.75) is 91.6 Å². The summed E-state index contributed by atoms with van der Waals surface area (Å²) in [6.45, 7) is 10.9. The summed E-state index contributed by atoms with van der Waals surface area (Å²) in [5.74, 6) is 0.519. The molecule has 2 amide bonds. The number of hydrogen-bond donors (Lipinski definition) is 1. The molecule has 3 aromatic rings. The second-order valence-electron chi connectivity index (χ2n) is 13.6. The van der Waals surface area contributed by atoms with Gasteiger partial charge in [-0.05, 0) is 125 Å². The number of anilines is 1. The van der Waals surface area contributed by atoms with Gasteiger partial charge in [0.25, 0.3) is 5.91 Å². The summed E-state index contributed by atoms with van der Waals surface area (Å²) >= 11 is 0. The molecule has 3 aromatic carbocycles. The SMILES string of the molecule is CCCCCCCOc1ccc(C(=O)Oc2ccc(CN(CC(C)=O)C(=O)c3ccc(NC(=O)CC4CCN(C(C)C)CC4)cc3)cc2)cc1. The van der Waals surface area contributed by atoms with Crippen molar-refractivity contribution in [3.8, 4) is 11.5 Å². The molecular formula is C41H53N3O6. The number of ether oxygens (including phenoxy) is 2. The number of carbonyl (C=O) groups excluding carboxylic acids is 4. The fourth-order valence-electron chi connectivity index (χ4n) is 6.13. The average molecular weight is 684 g/mol. The van der Waals surface area contributed by atoms with Crippen molar-refractivity contribution in [1.29, 1.82) is 0 Å². The Labute approximate surface area is 297 Å². The number of hydrogen-bond acceptors (Lipinski definition) is 7. The summed E-state index contributed by atoms with van der Waals surface area (Å²) in [5, 5.41) is 2.96. The maximum Gasteiger partial charge on any atom is 0.343 e. The normalized spacial score (nSPS) is 13.5. The number of unbranched alkanes of at least 4 members (excludes halogenated alkanes) is 4. The van der Waals surface area contributed by atoms with Crippen LogP contribution in [0.1, 0.15) is 105 Å². The molecule has 1 aliphatic heterocycles. The maximum atomic E-state index is 13.5. The van der Waals surface area contributed by atoms with Crippen molar-refractivity contribution in [1.82, 2.24) is 9.80 Å². The van der Waals surface area contributed by atoms with Gasteiger partial charge in [0.1, 0.15) is 17.3 Å². The molecule has 0 saturated carbocycles. The molecule has 9 nitrogen and oxygen atoms in total. The van der Waals surface area contributed by atoms with Gasteiger partial charge in [0.05, 0.1) is 18.7 Å². The minimum absolute atomic E-state index is 0.0225. The van der Waals surface area contributed by atoms with Crippen LogP contribution in [0.2, 0.25) is 0 Å². The second kappa shape index (κ2) is 19.6. The number of benzene rings is 3. The van der Waals surface area contributed by atoms with Gasteiger partial charge in [-0.2, -0.15) is 0 Å². The number of amides is 2. The van der Waals surface area contributed by atoms with E-state index in [0.29, 0.717) is 47.6 Å². The van der Waals surface area contributed by atoms with Gasteiger partial charge in [-0.3, -0.25) is 14.4 Å². The van der Waals surface area contributed by atoms with E-state index >= 15 is 0 Å². The maximum absolute atomic E-state index is 13.5. The van der Waals surface area contributed by atoms with Gasteiger partial charge in [0.2, 0.25) is 5.91 Å². The van der Waals surface area contributed by atoms with Crippen molar-refractivity contribution in [2.75, 3.05) is 31.6 Å². The predicted octanol–water partition coefficient (Wildman–Crippen LogP) is 7.94. The molecule has 50 heavy (non-hydrogen) atoms. The highest BCUT2D eigenvalue weighted by molar-refractivity contribution is 5.97. The van der Waals surface area contributed by atoms with Crippen molar-refractivity contribution in [3.63, 3.8) is 0 Å². The standard InChI is InChI=1S/C41H53N3O6/c1-5-6-7-8-9-26-49-37-20-14-35(15-21-37)41(48)50-38-18-10-33(11-19-38)29-44(28-31(4)45)40(47)34-12-16-36(17-13-34)42-39(46)27-32-22-24-43(25-23-32)30(2)3/h10-21,30,32H,5-9,22-29H2,1-4H3,(H,42,46). The summed E-state index contributed by atoms with van der Waals surface area (Å²) in [5.41, 5.74) is 2.24. The Morgan fingerprint density at radius 2 is 1.44 bits per heavy atom. The number of ketones is 1. The number of likely N-dealkylation sites (tertiary alicyclic amines) is 1. The van der Waals surface area contributed by atoms with E-state index in [4.69, 9.17) is 9.47 Å².